The van der Waals surface area contributed by atoms with Crippen molar-refractivity contribution in [2.75, 3.05) is 6.54 Å². The van der Waals surface area contributed by atoms with Gasteiger partial charge in [-0.1, -0.05) is 12.8 Å². The molecule has 114 valence electrons. The van der Waals surface area contributed by atoms with E-state index in [0.717, 1.165) is 24.6 Å². The van der Waals surface area contributed by atoms with Crippen LogP contribution in [-0.2, 0) is 6.54 Å². The first-order valence-electron chi connectivity index (χ1n) is 8.22. The first kappa shape index (κ1) is 14.6. The number of hydrogen-bond donors (Lipinski definition) is 1. The molecule has 0 spiro atoms. The Morgan fingerprint density at radius 2 is 2.00 bits per heavy atom. The van der Waals surface area contributed by atoms with Gasteiger partial charge in [0.2, 0.25) is 0 Å². The fraction of sp³-hybridized carbons (Fsp3) is 0.611. The second-order valence-corrected chi connectivity index (χ2v) is 6.62. The number of carbonyl (C=O) groups excluding carboxylic acids is 1. The molecule has 1 aliphatic heterocycles. The van der Waals surface area contributed by atoms with E-state index < -0.39 is 0 Å². The number of ketones is 1. The lowest BCUT2D eigenvalue weighted by molar-refractivity contribution is 0.0541. The third-order valence-corrected chi connectivity index (χ3v) is 5.22. The van der Waals surface area contributed by atoms with E-state index in [9.17, 15) is 9.90 Å². The molecule has 3 rings (SSSR count). The van der Waals surface area contributed by atoms with Gasteiger partial charge in [-0.05, 0) is 63.3 Å². The van der Waals surface area contributed by atoms with E-state index in [1.165, 1.54) is 38.5 Å². The van der Waals surface area contributed by atoms with Crippen LogP contribution >= 0.6 is 0 Å². The fourth-order valence-electron chi connectivity index (χ4n) is 4.07. The van der Waals surface area contributed by atoms with Crippen LogP contribution in [0.3, 0.4) is 0 Å². The van der Waals surface area contributed by atoms with Gasteiger partial charge in [0.05, 0.1) is 0 Å². The van der Waals surface area contributed by atoms with E-state index in [4.69, 9.17) is 0 Å². The molecule has 1 saturated heterocycles. The molecule has 1 heterocycles. The average Bonchev–Trinajstić information content (AvgIpc) is 2.49. The Bertz CT molecular complexity index is 524. The zero-order valence-electron chi connectivity index (χ0n) is 12.8. The Kier molecular flexibility index (Phi) is 4.29. The second-order valence-electron chi connectivity index (χ2n) is 6.62. The van der Waals surface area contributed by atoms with Gasteiger partial charge in [0.25, 0.3) is 0 Å². The summed E-state index contributed by atoms with van der Waals surface area (Å²) in [4.78, 5) is 14.1. The van der Waals surface area contributed by atoms with Crippen LogP contribution in [0, 0.1) is 5.92 Å². The molecule has 2 aliphatic rings. The Morgan fingerprint density at radius 3 is 2.81 bits per heavy atom. The summed E-state index contributed by atoms with van der Waals surface area (Å²) >= 11 is 0. The first-order chi connectivity index (χ1) is 10.1. The molecule has 3 heteroatoms. The number of carbonyl (C=O) groups is 1. The van der Waals surface area contributed by atoms with Crippen LogP contribution in [-0.4, -0.2) is 28.4 Å². The number of hydrogen-bond acceptors (Lipinski definition) is 3. The summed E-state index contributed by atoms with van der Waals surface area (Å²) in [5.41, 5.74) is 1.59. The minimum Gasteiger partial charge on any atom is -0.508 e. The van der Waals surface area contributed by atoms with Gasteiger partial charge in [0, 0.05) is 23.7 Å². The quantitative estimate of drug-likeness (QED) is 0.861. The molecule has 2 atom stereocenters. The molecule has 1 aliphatic carbocycles. The summed E-state index contributed by atoms with van der Waals surface area (Å²) in [7, 11) is 0. The number of benzene rings is 1. The molecule has 0 bridgehead atoms. The number of nitrogens with zero attached hydrogens (tertiary/aromatic N) is 1. The highest BCUT2D eigenvalue weighted by molar-refractivity contribution is 5.94. The zero-order chi connectivity index (χ0) is 14.8. The highest BCUT2D eigenvalue weighted by Crippen LogP contribution is 2.36. The number of piperidine rings is 1. The first-order valence-corrected chi connectivity index (χ1v) is 8.22. The lowest BCUT2D eigenvalue weighted by Crippen LogP contribution is -2.46. The maximum absolute atomic E-state index is 11.5. The predicted octanol–water partition coefficient (Wildman–Crippen LogP) is 3.75. The Hall–Kier alpha value is -1.35. The third kappa shape index (κ3) is 3.13. The highest BCUT2D eigenvalue weighted by atomic mass is 16.3. The number of Topliss-reactive ketones (excluding diaryl/α,β-unsaturated/α-hetero) is 1. The molecule has 1 aromatic rings. The van der Waals surface area contributed by atoms with E-state index in [1.54, 1.807) is 19.1 Å². The van der Waals surface area contributed by atoms with Gasteiger partial charge < -0.3 is 5.11 Å². The molecule has 0 radical (unpaired) electrons. The number of phenols is 1. The Balaban J connectivity index is 1.78. The predicted molar refractivity (Wildman–Crippen MR) is 83.5 cm³/mol. The normalized spacial score (nSPS) is 26.3. The largest absolute Gasteiger partial charge is 0.508 e. The second kappa shape index (κ2) is 6.18. The van der Waals surface area contributed by atoms with Gasteiger partial charge >= 0.3 is 0 Å². The zero-order valence-corrected chi connectivity index (χ0v) is 12.8. The molecular weight excluding hydrogens is 262 g/mol. The molecule has 1 aromatic carbocycles. The maximum Gasteiger partial charge on any atom is 0.159 e. The van der Waals surface area contributed by atoms with Crippen LogP contribution < -0.4 is 0 Å². The van der Waals surface area contributed by atoms with Gasteiger partial charge in [-0.25, -0.2) is 0 Å². The van der Waals surface area contributed by atoms with E-state index in [2.05, 4.69) is 4.90 Å². The summed E-state index contributed by atoms with van der Waals surface area (Å²) < 4.78 is 0. The van der Waals surface area contributed by atoms with E-state index in [0.29, 0.717) is 17.4 Å². The Morgan fingerprint density at radius 1 is 1.24 bits per heavy atom. The number of phenolic OH excluding ortho intramolecular Hbond substituents is 1. The molecule has 3 nitrogen and oxygen atoms in total. The van der Waals surface area contributed by atoms with E-state index >= 15 is 0 Å². The summed E-state index contributed by atoms with van der Waals surface area (Å²) in [5.74, 6) is 1.22. The van der Waals surface area contributed by atoms with Crippen molar-refractivity contribution in [2.24, 2.45) is 5.92 Å². The number of fused-ring (bicyclic) bond motifs is 1. The van der Waals surface area contributed by atoms with Gasteiger partial charge in [-0.15, -0.1) is 0 Å². The van der Waals surface area contributed by atoms with Crippen molar-refractivity contribution in [3.8, 4) is 5.75 Å². The van der Waals surface area contributed by atoms with Crippen molar-refractivity contribution in [2.45, 2.75) is 58.0 Å². The molecule has 0 amide bonds. The van der Waals surface area contributed by atoms with Crippen LogP contribution in [0.1, 0.15) is 61.4 Å². The van der Waals surface area contributed by atoms with Gasteiger partial charge in [-0.3, -0.25) is 9.69 Å². The van der Waals surface area contributed by atoms with Crippen LogP contribution in [0.15, 0.2) is 18.2 Å². The molecule has 21 heavy (non-hydrogen) atoms. The molecular formula is C18H25NO2. The molecule has 0 aromatic heterocycles. The number of aromatic hydroxyl groups is 1. The van der Waals surface area contributed by atoms with Crippen molar-refractivity contribution >= 4 is 5.78 Å². The van der Waals surface area contributed by atoms with Gasteiger partial charge in [0.15, 0.2) is 5.78 Å². The minimum atomic E-state index is 0.0606. The van der Waals surface area contributed by atoms with Crippen molar-refractivity contribution in [1.29, 1.82) is 0 Å². The molecule has 1 N–H and O–H groups in total. The van der Waals surface area contributed by atoms with Crippen molar-refractivity contribution in [1.82, 2.24) is 4.90 Å². The summed E-state index contributed by atoms with van der Waals surface area (Å²) in [6.45, 7) is 3.47. The topological polar surface area (TPSA) is 40.5 Å². The van der Waals surface area contributed by atoms with Crippen molar-refractivity contribution < 1.29 is 9.90 Å². The highest BCUT2D eigenvalue weighted by Gasteiger charge is 2.33. The number of likely N-dealkylation sites (tertiary alicyclic amines) is 1. The van der Waals surface area contributed by atoms with Gasteiger partial charge in [0.1, 0.15) is 5.75 Å². The molecule has 1 saturated carbocycles. The monoisotopic (exact) mass is 287 g/mol. The summed E-state index contributed by atoms with van der Waals surface area (Å²) in [5, 5.41) is 10.1. The lowest BCUT2D eigenvalue weighted by Gasteiger charge is -2.44. The van der Waals surface area contributed by atoms with E-state index in [1.807, 2.05) is 6.07 Å². The average molecular weight is 287 g/mol. The van der Waals surface area contributed by atoms with Crippen molar-refractivity contribution in [3.05, 3.63) is 29.3 Å². The number of rotatable bonds is 3. The van der Waals surface area contributed by atoms with Crippen LogP contribution in [0.5, 0.6) is 5.75 Å². The lowest BCUT2D eigenvalue weighted by atomic mass is 9.78. The molecule has 2 fully saturated rings. The van der Waals surface area contributed by atoms with E-state index in [-0.39, 0.29) is 5.78 Å². The fourth-order valence-corrected chi connectivity index (χ4v) is 4.07. The summed E-state index contributed by atoms with van der Waals surface area (Å²) in [6.07, 6.45) is 7.98. The van der Waals surface area contributed by atoms with Crippen LogP contribution in [0.4, 0.5) is 0 Å². The maximum atomic E-state index is 11.5. The van der Waals surface area contributed by atoms with Crippen molar-refractivity contribution in [3.63, 3.8) is 0 Å². The molecule has 2 unspecified atom stereocenters. The third-order valence-electron chi connectivity index (χ3n) is 5.22. The smallest absolute Gasteiger partial charge is 0.159 e. The van der Waals surface area contributed by atoms with Crippen LogP contribution in [0.25, 0.3) is 0 Å². The van der Waals surface area contributed by atoms with Crippen LogP contribution in [0.2, 0.25) is 0 Å². The summed E-state index contributed by atoms with van der Waals surface area (Å²) in [6, 6.07) is 5.91. The van der Waals surface area contributed by atoms with Gasteiger partial charge in [-0.2, -0.15) is 0 Å². The minimum absolute atomic E-state index is 0.0606. The Labute approximate surface area is 127 Å². The standard InChI is InChI=1S/C18H25NO2/c1-13(20)15-8-9-18(21)16(11-15)12-19-10-4-6-14-5-2-3-7-17(14)19/h8-9,11,14,17,21H,2-7,10,12H2,1H3. The SMILES string of the molecule is CC(=O)c1ccc(O)c(CN2CCCC3CCCCC32)c1.